The van der Waals surface area contributed by atoms with Crippen LogP contribution >= 0.6 is 45.2 Å². The highest BCUT2D eigenvalue weighted by Gasteiger charge is 2.18. The van der Waals surface area contributed by atoms with Gasteiger partial charge < -0.3 is 14.6 Å². The maximum Gasteiger partial charge on any atom is 0.308 e. The summed E-state index contributed by atoms with van der Waals surface area (Å²) in [5.41, 5.74) is 0. The van der Waals surface area contributed by atoms with Crippen LogP contribution in [-0.4, -0.2) is 18.2 Å². The van der Waals surface area contributed by atoms with Gasteiger partial charge >= 0.3 is 5.97 Å². The van der Waals surface area contributed by atoms with Crippen molar-refractivity contribution >= 4 is 51.2 Å². The van der Waals surface area contributed by atoms with Gasteiger partial charge in [-0.25, -0.2) is 0 Å². The van der Waals surface area contributed by atoms with Gasteiger partial charge in [-0.3, -0.25) is 4.79 Å². The van der Waals surface area contributed by atoms with E-state index in [-0.39, 0.29) is 11.5 Å². The molecule has 0 aliphatic carbocycles. The third-order valence-electron chi connectivity index (χ3n) is 1.56. The molecule has 0 fully saturated rings. The molecule has 0 radical (unpaired) electrons. The van der Waals surface area contributed by atoms with Gasteiger partial charge in [0, 0.05) is 13.0 Å². The smallest absolute Gasteiger partial charge is 0.308 e. The molecule has 0 saturated carbocycles. The molecule has 0 aromatic heterocycles. The zero-order valence-corrected chi connectivity index (χ0v) is 12.3. The summed E-state index contributed by atoms with van der Waals surface area (Å²) in [5, 5.41) is 9.60. The normalized spacial score (nSPS) is 9.87. The number of phenolic OH excluding ortho intramolecular Hbond substituents is 1. The molecule has 0 aliphatic rings. The molecular formula is C9H8I2O4. The Balaban J connectivity index is 3.32. The number of ether oxygens (including phenoxy) is 2. The minimum Gasteiger partial charge on any atom is -0.504 e. The van der Waals surface area contributed by atoms with Crippen molar-refractivity contribution in [1.82, 2.24) is 0 Å². The zero-order valence-electron chi connectivity index (χ0n) is 8.01. The van der Waals surface area contributed by atoms with Crippen LogP contribution in [0, 0.1) is 7.14 Å². The number of hydrogen-bond acceptors (Lipinski definition) is 4. The number of halogens is 2. The van der Waals surface area contributed by atoms with E-state index in [0.29, 0.717) is 9.32 Å². The molecule has 0 unspecified atom stereocenters. The molecule has 1 aromatic rings. The predicted octanol–water partition coefficient (Wildman–Crippen LogP) is 2.54. The van der Waals surface area contributed by atoms with Crippen LogP contribution in [-0.2, 0) is 4.79 Å². The quantitative estimate of drug-likeness (QED) is 0.442. The molecule has 0 heterocycles. The van der Waals surface area contributed by atoms with E-state index in [9.17, 15) is 9.90 Å². The van der Waals surface area contributed by atoms with Crippen molar-refractivity contribution in [2.24, 2.45) is 0 Å². The van der Waals surface area contributed by atoms with Gasteiger partial charge in [0.1, 0.15) is 9.32 Å². The van der Waals surface area contributed by atoms with Gasteiger partial charge in [0.2, 0.25) is 0 Å². The van der Waals surface area contributed by atoms with E-state index in [1.54, 1.807) is 0 Å². The van der Waals surface area contributed by atoms with Gasteiger partial charge in [0.25, 0.3) is 0 Å². The molecule has 0 aliphatic heterocycles. The second kappa shape index (κ2) is 5.19. The van der Waals surface area contributed by atoms with Gasteiger partial charge in [0.15, 0.2) is 11.5 Å². The van der Waals surface area contributed by atoms with E-state index < -0.39 is 5.97 Å². The van der Waals surface area contributed by atoms with Gasteiger partial charge in [-0.15, -0.1) is 0 Å². The van der Waals surface area contributed by atoms with Crippen molar-refractivity contribution in [3.63, 3.8) is 0 Å². The fourth-order valence-electron chi connectivity index (χ4n) is 0.999. The number of hydrogen-bond donors (Lipinski definition) is 1. The minimum absolute atomic E-state index is 0.0696. The van der Waals surface area contributed by atoms with Crippen LogP contribution in [0.15, 0.2) is 6.07 Å². The van der Waals surface area contributed by atoms with Crippen LogP contribution in [0.3, 0.4) is 0 Å². The molecule has 0 bridgehead atoms. The average Bonchev–Trinajstić information content (AvgIpc) is 2.12. The molecule has 1 N–H and O–H groups in total. The molecule has 82 valence electrons. The summed E-state index contributed by atoms with van der Waals surface area (Å²) in [6.45, 7) is 1.28. The molecule has 1 aromatic carbocycles. The number of carbonyl (C=O) groups is 1. The lowest BCUT2D eigenvalue weighted by Crippen LogP contribution is -2.04. The summed E-state index contributed by atoms with van der Waals surface area (Å²) in [6, 6.07) is 1.49. The summed E-state index contributed by atoms with van der Waals surface area (Å²) in [7, 11) is 1.52. The topological polar surface area (TPSA) is 55.8 Å². The predicted molar refractivity (Wildman–Crippen MR) is 71.4 cm³/mol. The van der Waals surface area contributed by atoms with E-state index in [2.05, 4.69) is 0 Å². The SMILES string of the molecule is COc1c(I)cc(O)c(OC(C)=O)c1I. The Morgan fingerprint density at radius 3 is 2.47 bits per heavy atom. The average molecular weight is 434 g/mol. The number of aromatic hydroxyl groups is 1. The molecule has 0 amide bonds. The first-order chi connectivity index (χ1) is 6.97. The van der Waals surface area contributed by atoms with Crippen molar-refractivity contribution in [2.45, 2.75) is 6.92 Å². The van der Waals surface area contributed by atoms with Crippen LogP contribution in [0.1, 0.15) is 6.92 Å². The summed E-state index contributed by atoms with van der Waals surface area (Å²) < 4.78 is 11.4. The molecule has 0 spiro atoms. The second-order valence-electron chi connectivity index (χ2n) is 2.65. The van der Waals surface area contributed by atoms with Crippen LogP contribution < -0.4 is 9.47 Å². The van der Waals surface area contributed by atoms with Crippen molar-refractivity contribution < 1.29 is 19.4 Å². The van der Waals surface area contributed by atoms with E-state index in [1.165, 1.54) is 20.1 Å². The lowest BCUT2D eigenvalue weighted by atomic mass is 10.3. The molecule has 6 heteroatoms. The molecule has 0 atom stereocenters. The van der Waals surface area contributed by atoms with Crippen molar-refractivity contribution in [3.8, 4) is 17.2 Å². The Morgan fingerprint density at radius 2 is 2.00 bits per heavy atom. The Bertz CT molecular complexity index is 404. The molecular weight excluding hydrogens is 426 g/mol. The monoisotopic (exact) mass is 434 g/mol. The van der Waals surface area contributed by atoms with Crippen LogP contribution in [0.2, 0.25) is 0 Å². The molecule has 1 rings (SSSR count). The minimum atomic E-state index is -0.480. The highest BCUT2D eigenvalue weighted by atomic mass is 127. The molecule has 15 heavy (non-hydrogen) atoms. The first-order valence-electron chi connectivity index (χ1n) is 3.90. The Hall–Kier alpha value is -0.250. The third kappa shape index (κ3) is 2.86. The van der Waals surface area contributed by atoms with Gasteiger partial charge in [-0.05, 0) is 45.2 Å². The number of benzene rings is 1. The Labute approximate surface area is 114 Å². The maximum absolute atomic E-state index is 10.8. The maximum atomic E-state index is 10.8. The largest absolute Gasteiger partial charge is 0.504 e. The summed E-state index contributed by atoms with van der Waals surface area (Å²) in [6.07, 6.45) is 0. The van der Waals surface area contributed by atoms with Crippen LogP contribution in [0.5, 0.6) is 17.2 Å². The summed E-state index contributed by atoms with van der Waals surface area (Å²) in [4.78, 5) is 10.8. The van der Waals surface area contributed by atoms with Gasteiger partial charge in [-0.2, -0.15) is 0 Å². The molecule has 0 saturated heterocycles. The van der Waals surface area contributed by atoms with Gasteiger partial charge in [0.05, 0.1) is 10.7 Å². The van der Waals surface area contributed by atoms with E-state index in [0.717, 1.165) is 3.57 Å². The fourth-order valence-corrected chi connectivity index (χ4v) is 3.20. The highest BCUT2D eigenvalue weighted by molar-refractivity contribution is 14.1. The van der Waals surface area contributed by atoms with Gasteiger partial charge in [-0.1, -0.05) is 0 Å². The van der Waals surface area contributed by atoms with Crippen molar-refractivity contribution in [2.75, 3.05) is 7.11 Å². The van der Waals surface area contributed by atoms with E-state index in [1.807, 2.05) is 45.2 Å². The second-order valence-corrected chi connectivity index (χ2v) is 4.89. The fraction of sp³-hybridized carbons (Fsp3) is 0.222. The standard InChI is InChI=1S/C9H8I2O4/c1-4(12)15-9-6(13)3-5(10)8(14-2)7(9)11/h3,13H,1-2H3. The lowest BCUT2D eigenvalue weighted by molar-refractivity contribution is -0.132. The van der Waals surface area contributed by atoms with Crippen molar-refractivity contribution in [1.29, 1.82) is 0 Å². The third-order valence-corrected chi connectivity index (χ3v) is 3.34. The van der Waals surface area contributed by atoms with Crippen LogP contribution in [0.4, 0.5) is 0 Å². The number of esters is 1. The lowest BCUT2D eigenvalue weighted by Gasteiger charge is -2.12. The summed E-state index contributed by atoms with van der Waals surface area (Å²) in [5.74, 6) is 0.178. The first kappa shape index (κ1) is 12.8. The Morgan fingerprint density at radius 1 is 1.40 bits per heavy atom. The van der Waals surface area contributed by atoms with E-state index in [4.69, 9.17) is 9.47 Å². The number of phenols is 1. The number of carbonyl (C=O) groups excluding carboxylic acids is 1. The van der Waals surface area contributed by atoms with Crippen molar-refractivity contribution in [3.05, 3.63) is 13.2 Å². The summed E-state index contributed by atoms with van der Waals surface area (Å²) >= 11 is 3.99. The van der Waals surface area contributed by atoms with E-state index >= 15 is 0 Å². The number of rotatable bonds is 2. The van der Waals surface area contributed by atoms with Crippen LogP contribution in [0.25, 0.3) is 0 Å². The highest BCUT2D eigenvalue weighted by Crippen LogP contribution is 2.41. The number of methoxy groups -OCH3 is 1. The first-order valence-corrected chi connectivity index (χ1v) is 6.06. The molecule has 4 nitrogen and oxygen atoms in total. The zero-order chi connectivity index (χ0) is 11.6. The Kier molecular flexibility index (Phi) is 4.44.